The minimum atomic E-state index is -4.73. The molecule has 4 nitrogen and oxygen atoms in total. The van der Waals surface area contributed by atoms with E-state index in [1.54, 1.807) is 5.10 Å². The standard InChI is InChI=1S/C8H8F3N3O/c1-4(2)13-5-3-12-14-7(15)6(5)8(9,10)11/h3H,1H2,2H3,(H2,13,14,15). The van der Waals surface area contributed by atoms with Crippen LogP contribution in [0.15, 0.2) is 23.3 Å². The van der Waals surface area contributed by atoms with Gasteiger partial charge < -0.3 is 5.32 Å². The molecule has 0 fully saturated rings. The lowest BCUT2D eigenvalue weighted by Gasteiger charge is -2.11. The predicted molar refractivity (Wildman–Crippen MR) is 48.3 cm³/mol. The third-order valence-electron chi connectivity index (χ3n) is 1.49. The highest BCUT2D eigenvalue weighted by Gasteiger charge is 2.37. The Hall–Kier alpha value is -1.79. The number of hydrogen-bond donors (Lipinski definition) is 2. The second-order valence-corrected chi connectivity index (χ2v) is 2.89. The highest BCUT2D eigenvalue weighted by Crippen LogP contribution is 2.31. The Balaban J connectivity index is 3.33. The molecule has 0 aliphatic carbocycles. The van der Waals surface area contributed by atoms with E-state index in [0.717, 1.165) is 6.20 Å². The number of H-pyrrole nitrogens is 1. The zero-order valence-corrected chi connectivity index (χ0v) is 7.77. The van der Waals surface area contributed by atoms with Crippen LogP contribution in [-0.2, 0) is 6.18 Å². The Labute approximate surface area is 82.8 Å². The molecule has 1 heterocycles. The van der Waals surface area contributed by atoms with Crippen molar-refractivity contribution in [3.63, 3.8) is 0 Å². The van der Waals surface area contributed by atoms with Crippen LogP contribution in [0.2, 0.25) is 0 Å². The molecule has 7 heteroatoms. The van der Waals surface area contributed by atoms with Crippen LogP contribution in [0.3, 0.4) is 0 Å². The van der Waals surface area contributed by atoms with Crippen molar-refractivity contribution in [2.45, 2.75) is 13.1 Å². The summed E-state index contributed by atoms with van der Waals surface area (Å²) in [4.78, 5) is 11.0. The van der Waals surface area contributed by atoms with Gasteiger partial charge in [0.05, 0.1) is 11.9 Å². The van der Waals surface area contributed by atoms with E-state index in [-0.39, 0.29) is 5.70 Å². The van der Waals surface area contributed by atoms with Gasteiger partial charge in [0.25, 0.3) is 5.56 Å². The summed E-state index contributed by atoms with van der Waals surface area (Å²) in [5, 5.41) is 7.32. The second kappa shape index (κ2) is 3.76. The highest BCUT2D eigenvalue weighted by atomic mass is 19.4. The smallest absolute Gasteiger partial charge is 0.358 e. The molecule has 0 bridgehead atoms. The van der Waals surface area contributed by atoms with Gasteiger partial charge in [-0.05, 0) is 6.92 Å². The van der Waals surface area contributed by atoms with Crippen LogP contribution < -0.4 is 10.9 Å². The van der Waals surface area contributed by atoms with Crippen molar-refractivity contribution >= 4 is 5.69 Å². The number of aromatic amines is 1. The fourth-order valence-corrected chi connectivity index (χ4v) is 1.00. The molecule has 0 radical (unpaired) electrons. The minimum Gasteiger partial charge on any atom is -0.358 e. The van der Waals surface area contributed by atoms with Gasteiger partial charge in [-0.3, -0.25) is 4.79 Å². The fraction of sp³-hybridized carbons (Fsp3) is 0.250. The molecule has 1 aromatic rings. The van der Waals surface area contributed by atoms with Gasteiger partial charge in [0.1, 0.15) is 5.56 Å². The maximum Gasteiger partial charge on any atom is 0.423 e. The molecular formula is C8H8F3N3O. The molecule has 0 aromatic carbocycles. The molecule has 0 atom stereocenters. The molecule has 0 aliphatic rings. The van der Waals surface area contributed by atoms with Crippen LogP contribution in [-0.4, -0.2) is 10.2 Å². The molecular weight excluding hydrogens is 211 g/mol. The van der Waals surface area contributed by atoms with E-state index in [1.807, 2.05) is 0 Å². The van der Waals surface area contributed by atoms with E-state index in [0.29, 0.717) is 0 Å². The Kier molecular flexibility index (Phi) is 2.83. The van der Waals surface area contributed by atoms with Crippen molar-refractivity contribution < 1.29 is 13.2 Å². The summed E-state index contributed by atoms with van der Waals surface area (Å²) in [5.41, 5.74) is -2.71. The quantitative estimate of drug-likeness (QED) is 0.796. The zero-order valence-electron chi connectivity index (χ0n) is 7.77. The predicted octanol–water partition coefficient (Wildman–Crippen LogP) is 1.73. The van der Waals surface area contributed by atoms with E-state index in [9.17, 15) is 18.0 Å². The number of hydrogen-bond acceptors (Lipinski definition) is 3. The lowest BCUT2D eigenvalue weighted by Crippen LogP contribution is -2.24. The first kappa shape index (κ1) is 11.3. The minimum absolute atomic E-state index is 0.285. The molecule has 0 unspecified atom stereocenters. The molecule has 1 aromatic heterocycles. The van der Waals surface area contributed by atoms with Crippen molar-refractivity contribution in [3.8, 4) is 0 Å². The van der Waals surface area contributed by atoms with Crippen molar-refractivity contribution in [2.75, 3.05) is 5.32 Å². The zero-order chi connectivity index (χ0) is 11.6. The molecule has 0 saturated carbocycles. The second-order valence-electron chi connectivity index (χ2n) is 2.89. The van der Waals surface area contributed by atoms with E-state index < -0.39 is 23.0 Å². The van der Waals surface area contributed by atoms with Crippen LogP contribution in [0.5, 0.6) is 0 Å². The van der Waals surface area contributed by atoms with Crippen molar-refractivity contribution in [1.29, 1.82) is 0 Å². The number of allylic oxidation sites excluding steroid dienone is 1. The largest absolute Gasteiger partial charge is 0.423 e. The summed E-state index contributed by atoms with van der Waals surface area (Å²) in [7, 11) is 0. The average Bonchev–Trinajstić information content (AvgIpc) is 1.99. The van der Waals surface area contributed by atoms with Gasteiger partial charge in [-0.15, -0.1) is 0 Å². The van der Waals surface area contributed by atoms with Gasteiger partial charge in [0.2, 0.25) is 0 Å². The fourth-order valence-electron chi connectivity index (χ4n) is 1.00. The number of aromatic nitrogens is 2. The Morgan fingerprint density at radius 2 is 2.20 bits per heavy atom. The maximum absolute atomic E-state index is 12.4. The molecule has 15 heavy (non-hydrogen) atoms. The van der Waals surface area contributed by atoms with Crippen molar-refractivity contribution in [1.82, 2.24) is 10.2 Å². The number of alkyl halides is 3. The van der Waals surface area contributed by atoms with Gasteiger partial charge in [-0.2, -0.15) is 18.3 Å². The molecule has 0 spiro atoms. The monoisotopic (exact) mass is 219 g/mol. The first-order chi connectivity index (χ1) is 6.82. The number of halogens is 3. The van der Waals surface area contributed by atoms with Gasteiger partial charge in [-0.1, -0.05) is 6.58 Å². The summed E-state index contributed by atoms with van der Waals surface area (Å²) < 4.78 is 37.3. The Morgan fingerprint density at radius 3 is 2.67 bits per heavy atom. The van der Waals surface area contributed by atoms with Crippen LogP contribution in [0.1, 0.15) is 12.5 Å². The highest BCUT2D eigenvalue weighted by molar-refractivity contribution is 5.52. The number of anilines is 1. The molecule has 82 valence electrons. The lowest BCUT2D eigenvalue weighted by atomic mass is 10.2. The van der Waals surface area contributed by atoms with E-state index in [1.165, 1.54) is 6.92 Å². The van der Waals surface area contributed by atoms with E-state index in [2.05, 4.69) is 17.0 Å². The summed E-state index contributed by atoms with van der Waals surface area (Å²) in [5.74, 6) is 0. The molecule has 1 rings (SSSR count). The van der Waals surface area contributed by atoms with Crippen molar-refractivity contribution in [2.24, 2.45) is 0 Å². The van der Waals surface area contributed by atoms with Crippen LogP contribution in [0.25, 0.3) is 0 Å². The topological polar surface area (TPSA) is 57.8 Å². The third-order valence-corrected chi connectivity index (χ3v) is 1.49. The van der Waals surface area contributed by atoms with Crippen molar-refractivity contribution in [3.05, 3.63) is 34.4 Å². The van der Waals surface area contributed by atoms with Crippen LogP contribution in [0.4, 0.5) is 18.9 Å². The number of nitrogens with zero attached hydrogens (tertiary/aromatic N) is 1. The number of nitrogens with one attached hydrogen (secondary N) is 2. The summed E-state index contributed by atoms with van der Waals surface area (Å²) in [6.45, 7) is 4.86. The maximum atomic E-state index is 12.4. The third kappa shape index (κ3) is 2.58. The Morgan fingerprint density at radius 1 is 1.60 bits per heavy atom. The van der Waals surface area contributed by atoms with Gasteiger partial charge in [0, 0.05) is 5.70 Å². The van der Waals surface area contributed by atoms with Crippen LogP contribution in [0, 0.1) is 0 Å². The Bertz CT molecular complexity index is 435. The van der Waals surface area contributed by atoms with Crippen LogP contribution >= 0.6 is 0 Å². The average molecular weight is 219 g/mol. The first-order valence-electron chi connectivity index (χ1n) is 3.90. The van der Waals surface area contributed by atoms with Gasteiger partial charge in [-0.25, -0.2) is 5.10 Å². The summed E-state index contributed by atoms with van der Waals surface area (Å²) in [6, 6.07) is 0. The SMILES string of the molecule is C=C(C)Nc1cn[nH]c(=O)c1C(F)(F)F. The van der Waals surface area contributed by atoms with Gasteiger partial charge in [0.15, 0.2) is 0 Å². The molecule has 0 aliphatic heterocycles. The van der Waals surface area contributed by atoms with E-state index >= 15 is 0 Å². The van der Waals surface area contributed by atoms with Gasteiger partial charge >= 0.3 is 6.18 Å². The lowest BCUT2D eigenvalue weighted by molar-refractivity contribution is -0.138. The normalized spacial score (nSPS) is 11.2. The first-order valence-corrected chi connectivity index (χ1v) is 3.90. The molecule has 2 N–H and O–H groups in total. The molecule has 0 amide bonds. The summed E-state index contributed by atoms with van der Waals surface area (Å²) in [6.07, 6.45) is -3.84. The summed E-state index contributed by atoms with van der Waals surface area (Å²) >= 11 is 0. The van der Waals surface area contributed by atoms with E-state index in [4.69, 9.17) is 0 Å². The number of rotatable bonds is 2. The molecule has 0 saturated heterocycles.